The smallest absolute Gasteiger partial charge is 0.193 e. The standard InChI is InChI=1S/C11H10O3/c12-11(10-6-14-10)8-1-2-9-7(5-8)3-4-13-9/h1-2,5,10H,3-4,6H2. The average molecular weight is 190 g/mol. The van der Waals surface area contributed by atoms with Gasteiger partial charge in [-0.1, -0.05) is 0 Å². The molecule has 1 unspecified atom stereocenters. The van der Waals surface area contributed by atoms with Gasteiger partial charge in [0.25, 0.3) is 0 Å². The molecule has 0 aromatic heterocycles. The Labute approximate surface area is 81.6 Å². The summed E-state index contributed by atoms with van der Waals surface area (Å²) < 4.78 is 10.3. The van der Waals surface area contributed by atoms with Gasteiger partial charge in [0, 0.05) is 12.0 Å². The molecular formula is C11H10O3. The van der Waals surface area contributed by atoms with Crippen molar-refractivity contribution in [1.82, 2.24) is 0 Å². The molecular weight excluding hydrogens is 180 g/mol. The lowest BCUT2D eigenvalue weighted by molar-refractivity contribution is 0.0953. The number of hydrogen-bond donors (Lipinski definition) is 0. The van der Waals surface area contributed by atoms with Crippen LogP contribution in [-0.4, -0.2) is 25.1 Å². The summed E-state index contributed by atoms with van der Waals surface area (Å²) in [5.41, 5.74) is 1.88. The van der Waals surface area contributed by atoms with Gasteiger partial charge in [0.2, 0.25) is 0 Å². The summed E-state index contributed by atoms with van der Waals surface area (Å²) in [6.45, 7) is 1.30. The molecule has 0 spiro atoms. The van der Waals surface area contributed by atoms with E-state index in [2.05, 4.69) is 0 Å². The third kappa shape index (κ3) is 1.21. The zero-order valence-corrected chi connectivity index (χ0v) is 7.66. The highest BCUT2D eigenvalue weighted by Crippen LogP contribution is 2.27. The monoisotopic (exact) mass is 190 g/mol. The summed E-state index contributed by atoms with van der Waals surface area (Å²) in [4.78, 5) is 11.6. The van der Waals surface area contributed by atoms with Crippen LogP contribution in [0, 0.1) is 0 Å². The summed E-state index contributed by atoms with van der Waals surface area (Å²) >= 11 is 0. The van der Waals surface area contributed by atoms with E-state index in [1.54, 1.807) is 0 Å². The van der Waals surface area contributed by atoms with Crippen molar-refractivity contribution >= 4 is 5.78 Å². The van der Waals surface area contributed by atoms with Gasteiger partial charge in [-0.15, -0.1) is 0 Å². The highest BCUT2D eigenvalue weighted by atomic mass is 16.6. The van der Waals surface area contributed by atoms with Crippen molar-refractivity contribution < 1.29 is 14.3 Å². The van der Waals surface area contributed by atoms with Crippen molar-refractivity contribution in [2.24, 2.45) is 0 Å². The molecule has 2 aliphatic heterocycles. The molecule has 0 aliphatic carbocycles. The van der Waals surface area contributed by atoms with E-state index < -0.39 is 0 Å². The van der Waals surface area contributed by atoms with Crippen LogP contribution >= 0.6 is 0 Å². The molecule has 3 rings (SSSR count). The van der Waals surface area contributed by atoms with Crippen LogP contribution in [0.25, 0.3) is 0 Å². The normalized spacial score (nSPS) is 22.7. The maximum atomic E-state index is 11.6. The van der Waals surface area contributed by atoms with E-state index in [9.17, 15) is 4.79 Å². The van der Waals surface area contributed by atoms with Gasteiger partial charge in [0.15, 0.2) is 5.78 Å². The van der Waals surface area contributed by atoms with Gasteiger partial charge in [-0.3, -0.25) is 4.79 Å². The van der Waals surface area contributed by atoms with Crippen LogP contribution in [0.4, 0.5) is 0 Å². The Morgan fingerprint density at radius 1 is 1.43 bits per heavy atom. The molecule has 72 valence electrons. The van der Waals surface area contributed by atoms with Crippen LogP contribution in [0.3, 0.4) is 0 Å². The number of hydrogen-bond acceptors (Lipinski definition) is 3. The largest absolute Gasteiger partial charge is 0.493 e. The van der Waals surface area contributed by atoms with E-state index in [0.717, 1.165) is 29.9 Å². The number of fused-ring (bicyclic) bond motifs is 1. The minimum Gasteiger partial charge on any atom is -0.493 e. The molecule has 0 bridgehead atoms. The molecule has 1 atom stereocenters. The Hall–Kier alpha value is -1.35. The molecule has 3 nitrogen and oxygen atoms in total. The summed E-state index contributed by atoms with van der Waals surface area (Å²) in [5, 5.41) is 0. The SMILES string of the molecule is O=C(c1ccc2c(c1)CCO2)C1CO1. The predicted molar refractivity (Wildman–Crippen MR) is 49.7 cm³/mol. The van der Waals surface area contributed by atoms with Crippen molar-refractivity contribution in [2.75, 3.05) is 13.2 Å². The molecule has 2 aliphatic rings. The van der Waals surface area contributed by atoms with Gasteiger partial charge in [0.05, 0.1) is 13.2 Å². The highest BCUT2D eigenvalue weighted by molar-refractivity contribution is 6.01. The maximum Gasteiger partial charge on any atom is 0.193 e. The summed E-state index contributed by atoms with van der Waals surface area (Å²) in [7, 11) is 0. The van der Waals surface area contributed by atoms with E-state index in [1.807, 2.05) is 18.2 Å². The summed E-state index contributed by atoms with van der Waals surface area (Å²) in [6.07, 6.45) is 0.720. The molecule has 1 aromatic carbocycles. The predicted octanol–water partition coefficient (Wildman–Crippen LogP) is 1.20. The highest BCUT2D eigenvalue weighted by Gasteiger charge is 2.32. The number of ketones is 1. The van der Waals surface area contributed by atoms with Crippen molar-refractivity contribution in [3.63, 3.8) is 0 Å². The molecule has 0 N–H and O–H groups in total. The minimum absolute atomic E-state index is 0.0969. The van der Waals surface area contributed by atoms with Crippen LogP contribution in [0.5, 0.6) is 5.75 Å². The third-order valence-electron chi connectivity index (χ3n) is 2.60. The lowest BCUT2D eigenvalue weighted by atomic mass is 10.0. The number of ether oxygens (including phenoxy) is 2. The quantitative estimate of drug-likeness (QED) is 0.519. The molecule has 14 heavy (non-hydrogen) atoms. The lowest BCUT2D eigenvalue weighted by Gasteiger charge is -2.01. The Morgan fingerprint density at radius 2 is 2.29 bits per heavy atom. The van der Waals surface area contributed by atoms with E-state index in [-0.39, 0.29) is 11.9 Å². The van der Waals surface area contributed by atoms with Crippen LogP contribution in [-0.2, 0) is 11.2 Å². The number of benzene rings is 1. The maximum absolute atomic E-state index is 11.6. The van der Waals surface area contributed by atoms with Gasteiger partial charge in [0.1, 0.15) is 11.9 Å². The van der Waals surface area contributed by atoms with Gasteiger partial charge in [-0.2, -0.15) is 0 Å². The van der Waals surface area contributed by atoms with Crippen LogP contribution in [0.1, 0.15) is 15.9 Å². The molecule has 1 saturated heterocycles. The van der Waals surface area contributed by atoms with E-state index in [1.165, 1.54) is 0 Å². The Kier molecular flexibility index (Phi) is 1.61. The van der Waals surface area contributed by atoms with Crippen molar-refractivity contribution in [2.45, 2.75) is 12.5 Å². The van der Waals surface area contributed by atoms with E-state index in [0.29, 0.717) is 6.61 Å². The summed E-state index contributed by atoms with van der Waals surface area (Å²) in [6, 6.07) is 5.61. The Balaban J connectivity index is 1.95. The van der Waals surface area contributed by atoms with Crippen molar-refractivity contribution in [3.05, 3.63) is 29.3 Å². The van der Waals surface area contributed by atoms with E-state index >= 15 is 0 Å². The molecule has 1 aromatic rings. The van der Waals surface area contributed by atoms with Crippen molar-refractivity contribution in [3.8, 4) is 5.75 Å². The van der Waals surface area contributed by atoms with Gasteiger partial charge < -0.3 is 9.47 Å². The second-order valence-electron chi connectivity index (χ2n) is 3.61. The first-order valence-electron chi connectivity index (χ1n) is 4.76. The summed E-state index contributed by atoms with van der Waals surface area (Å²) in [5.74, 6) is 1.01. The van der Waals surface area contributed by atoms with Gasteiger partial charge in [-0.25, -0.2) is 0 Å². The molecule has 2 heterocycles. The first-order chi connectivity index (χ1) is 6.84. The number of Topliss-reactive ketones (excluding diaryl/α,β-unsaturated/α-hetero) is 1. The molecule has 1 fully saturated rings. The van der Waals surface area contributed by atoms with Crippen LogP contribution in [0.15, 0.2) is 18.2 Å². The number of epoxide rings is 1. The van der Waals surface area contributed by atoms with Gasteiger partial charge in [-0.05, 0) is 23.8 Å². The number of carbonyl (C=O) groups is 1. The topological polar surface area (TPSA) is 38.8 Å². The minimum atomic E-state index is -0.185. The number of rotatable bonds is 2. The fraction of sp³-hybridized carbons (Fsp3) is 0.364. The number of carbonyl (C=O) groups excluding carboxylic acids is 1. The Morgan fingerprint density at radius 3 is 3.07 bits per heavy atom. The molecule has 3 heteroatoms. The Bertz CT molecular complexity index is 394. The first-order valence-corrected chi connectivity index (χ1v) is 4.76. The lowest BCUT2D eigenvalue weighted by Crippen LogP contribution is -2.06. The fourth-order valence-electron chi connectivity index (χ4n) is 1.73. The van der Waals surface area contributed by atoms with E-state index in [4.69, 9.17) is 9.47 Å². The zero-order valence-electron chi connectivity index (χ0n) is 7.66. The molecule has 0 radical (unpaired) electrons. The average Bonchev–Trinajstić information content (AvgIpc) is 2.95. The zero-order chi connectivity index (χ0) is 9.54. The van der Waals surface area contributed by atoms with Gasteiger partial charge >= 0.3 is 0 Å². The first kappa shape index (κ1) is 8.00. The molecule has 0 amide bonds. The second kappa shape index (κ2) is 2.82. The second-order valence-corrected chi connectivity index (χ2v) is 3.61. The van der Waals surface area contributed by atoms with Crippen molar-refractivity contribution in [1.29, 1.82) is 0 Å². The van der Waals surface area contributed by atoms with Crippen LogP contribution < -0.4 is 4.74 Å². The molecule has 0 saturated carbocycles. The third-order valence-corrected chi connectivity index (χ3v) is 2.60. The fourth-order valence-corrected chi connectivity index (χ4v) is 1.73. The van der Waals surface area contributed by atoms with Crippen LogP contribution in [0.2, 0.25) is 0 Å².